The third-order valence-corrected chi connectivity index (χ3v) is 2.81. The van der Waals surface area contributed by atoms with Crippen LogP contribution in [0.3, 0.4) is 0 Å². The molecular weight excluding hydrogens is 356 g/mol. The number of carbonyl (C=O) groups is 2. The van der Waals surface area contributed by atoms with Crippen LogP contribution in [0.5, 0.6) is 11.5 Å². The summed E-state index contributed by atoms with van der Waals surface area (Å²) < 4.78 is 0. The van der Waals surface area contributed by atoms with Crippen molar-refractivity contribution in [2.75, 3.05) is 0 Å². The third-order valence-electron chi connectivity index (χ3n) is 2.81. The van der Waals surface area contributed by atoms with Gasteiger partial charge in [-0.25, -0.2) is 9.59 Å². The summed E-state index contributed by atoms with van der Waals surface area (Å²) in [7, 11) is 0. The highest BCUT2D eigenvalue weighted by atomic mass is 16.6. The summed E-state index contributed by atoms with van der Waals surface area (Å²) in [6.45, 7) is 0. The van der Waals surface area contributed by atoms with Gasteiger partial charge >= 0.3 is 11.9 Å². The molecule has 0 saturated heterocycles. The van der Waals surface area contributed by atoms with Gasteiger partial charge in [-0.05, 0) is 12.1 Å². The van der Waals surface area contributed by atoms with Gasteiger partial charge in [0.05, 0.1) is 9.85 Å². The van der Waals surface area contributed by atoms with Crippen LogP contribution < -0.4 is 0 Å². The van der Waals surface area contributed by atoms with Crippen molar-refractivity contribution >= 4 is 23.3 Å². The molecule has 0 aliphatic carbocycles. The van der Waals surface area contributed by atoms with Crippen LogP contribution in [0.15, 0.2) is 36.4 Å². The van der Waals surface area contributed by atoms with Gasteiger partial charge in [0.25, 0.3) is 11.4 Å². The number of hydrogen-bond acceptors (Lipinski definition) is 8. The first-order valence-electron chi connectivity index (χ1n) is 6.46. The highest BCUT2D eigenvalue weighted by molar-refractivity contribution is 5.93. The number of aromatic hydroxyl groups is 2. The SMILES string of the molecule is O=C(O)c1cc(O)ccc1[N+](=O)[O-].O=C(O)c1cc(O)ccc1[N+](=O)[O-]. The van der Waals surface area contributed by atoms with Crippen LogP contribution in [0.2, 0.25) is 0 Å². The predicted octanol–water partition coefficient (Wildman–Crippen LogP) is 2.00. The molecule has 4 N–H and O–H groups in total. The molecule has 0 unspecified atom stereocenters. The van der Waals surface area contributed by atoms with Crippen LogP contribution in [0, 0.1) is 20.2 Å². The zero-order chi connectivity index (χ0) is 20.0. The normalized spacial score (nSPS) is 9.54. The maximum atomic E-state index is 10.5. The highest BCUT2D eigenvalue weighted by Gasteiger charge is 2.20. The molecule has 0 aliphatic rings. The van der Waals surface area contributed by atoms with Gasteiger partial charge in [-0.15, -0.1) is 0 Å². The topological polar surface area (TPSA) is 201 Å². The fourth-order valence-corrected chi connectivity index (χ4v) is 1.71. The maximum Gasteiger partial charge on any atom is 0.342 e. The van der Waals surface area contributed by atoms with Crippen LogP contribution >= 0.6 is 0 Å². The van der Waals surface area contributed by atoms with E-state index in [4.69, 9.17) is 20.4 Å². The molecular formula is C14H10N2O10. The van der Waals surface area contributed by atoms with Gasteiger partial charge in [0.1, 0.15) is 22.6 Å². The van der Waals surface area contributed by atoms with E-state index in [9.17, 15) is 29.8 Å². The molecule has 0 aliphatic heterocycles. The first-order valence-corrected chi connectivity index (χ1v) is 6.46. The lowest BCUT2D eigenvalue weighted by atomic mass is 10.2. The summed E-state index contributed by atoms with van der Waals surface area (Å²) in [5, 5.41) is 55.4. The molecule has 2 aromatic carbocycles. The quantitative estimate of drug-likeness (QED) is 0.457. The molecule has 0 radical (unpaired) electrons. The van der Waals surface area contributed by atoms with E-state index >= 15 is 0 Å². The van der Waals surface area contributed by atoms with Gasteiger partial charge in [-0.3, -0.25) is 20.2 Å². The van der Waals surface area contributed by atoms with Crippen molar-refractivity contribution < 1.29 is 39.9 Å². The van der Waals surface area contributed by atoms with Crippen LogP contribution in [0.25, 0.3) is 0 Å². The molecule has 2 rings (SSSR count). The minimum Gasteiger partial charge on any atom is -0.508 e. The second-order valence-corrected chi connectivity index (χ2v) is 4.53. The molecule has 0 heterocycles. The summed E-state index contributed by atoms with van der Waals surface area (Å²) >= 11 is 0. The fraction of sp³-hybridized carbons (Fsp3) is 0. The summed E-state index contributed by atoms with van der Waals surface area (Å²) in [6, 6.07) is 5.67. The average molecular weight is 366 g/mol. The van der Waals surface area contributed by atoms with Crippen LogP contribution in [0.1, 0.15) is 20.7 Å². The standard InChI is InChI=1S/2C7H5NO5/c2*9-4-1-2-6(8(12)13)5(3-4)7(10)11/h2*1-3,9H,(H,10,11). The van der Waals surface area contributed by atoms with Gasteiger partial charge in [-0.2, -0.15) is 0 Å². The van der Waals surface area contributed by atoms with Crippen molar-refractivity contribution in [2.24, 2.45) is 0 Å². The molecule has 0 fully saturated rings. The largest absolute Gasteiger partial charge is 0.508 e. The first kappa shape index (κ1) is 19.8. The molecule has 0 amide bonds. The van der Waals surface area contributed by atoms with Gasteiger partial charge in [0, 0.05) is 24.3 Å². The van der Waals surface area contributed by atoms with Crippen molar-refractivity contribution in [3.63, 3.8) is 0 Å². The van der Waals surface area contributed by atoms with Crippen molar-refractivity contribution in [1.29, 1.82) is 0 Å². The Morgan fingerprint density at radius 1 is 0.731 bits per heavy atom. The van der Waals surface area contributed by atoms with Gasteiger partial charge in [0.15, 0.2) is 0 Å². The number of nitro benzene ring substituents is 2. The van der Waals surface area contributed by atoms with Crippen molar-refractivity contribution in [3.05, 3.63) is 67.8 Å². The van der Waals surface area contributed by atoms with Crippen LogP contribution in [-0.2, 0) is 0 Å². The molecule has 136 valence electrons. The Balaban J connectivity index is 0.000000260. The third kappa shape index (κ3) is 4.89. The summed E-state index contributed by atoms with van der Waals surface area (Å²) in [5.41, 5.74) is -2.12. The number of nitro groups is 2. The predicted molar refractivity (Wildman–Crippen MR) is 83.4 cm³/mol. The Kier molecular flexibility index (Phi) is 6.14. The van der Waals surface area contributed by atoms with Gasteiger partial charge < -0.3 is 20.4 Å². The molecule has 26 heavy (non-hydrogen) atoms. The number of aromatic carboxylic acids is 2. The summed E-state index contributed by atoms with van der Waals surface area (Å²) in [6.07, 6.45) is 0. The van der Waals surface area contributed by atoms with E-state index in [-0.39, 0.29) is 11.5 Å². The zero-order valence-corrected chi connectivity index (χ0v) is 12.6. The number of nitrogens with zero attached hydrogens (tertiary/aromatic N) is 2. The van der Waals surface area contributed by atoms with E-state index in [0.717, 1.165) is 36.4 Å². The lowest BCUT2D eigenvalue weighted by Gasteiger charge is -1.97. The maximum absolute atomic E-state index is 10.5. The van der Waals surface area contributed by atoms with E-state index < -0.39 is 44.3 Å². The van der Waals surface area contributed by atoms with Crippen molar-refractivity contribution in [1.82, 2.24) is 0 Å². The summed E-state index contributed by atoms with van der Waals surface area (Å²) in [4.78, 5) is 39.9. The Morgan fingerprint density at radius 3 is 1.27 bits per heavy atom. The Morgan fingerprint density at radius 2 is 1.04 bits per heavy atom. The average Bonchev–Trinajstić information content (AvgIpc) is 2.54. The van der Waals surface area contributed by atoms with E-state index in [0.29, 0.717) is 0 Å². The van der Waals surface area contributed by atoms with E-state index in [2.05, 4.69) is 0 Å². The molecule has 0 atom stereocenters. The minimum atomic E-state index is -1.44. The van der Waals surface area contributed by atoms with E-state index in [1.165, 1.54) is 0 Å². The second kappa shape index (κ2) is 8.05. The minimum absolute atomic E-state index is 0.317. The van der Waals surface area contributed by atoms with Crippen LogP contribution in [0.4, 0.5) is 11.4 Å². The molecule has 2 aromatic rings. The molecule has 12 heteroatoms. The molecule has 12 nitrogen and oxygen atoms in total. The van der Waals surface area contributed by atoms with Crippen molar-refractivity contribution in [2.45, 2.75) is 0 Å². The summed E-state index contributed by atoms with van der Waals surface area (Å²) in [5.74, 6) is -3.52. The number of phenolic OH excluding ortho intramolecular Hbond substituents is 2. The highest BCUT2D eigenvalue weighted by Crippen LogP contribution is 2.23. The fourth-order valence-electron chi connectivity index (χ4n) is 1.71. The number of carboxylic acid groups (broad SMARTS) is 2. The van der Waals surface area contributed by atoms with Crippen LogP contribution in [-0.4, -0.2) is 42.2 Å². The van der Waals surface area contributed by atoms with E-state index in [1.807, 2.05) is 0 Å². The Hall–Kier alpha value is -4.22. The van der Waals surface area contributed by atoms with Gasteiger partial charge in [0.2, 0.25) is 0 Å². The van der Waals surface area contributed by atoms with Gasteiger partial charge in [-0.1, -0.05) is 0 Å². The number of benzene rings is 2. The lowest BCUT2D eigenvalue weighted by molar-refractivity contribution is -0.385. The van der Waals surface area contributed by atoms with Crippen molar-refractivity contribution in [3.8, 4) is 11.5 Å². The number of rotatable bonds is 4. The molecule has 0 aromatic heterocycles. The molecule has 0 saturated carbocycles. The molecule has 0 spiro atoms. The number of phenols is 2. The second-order valence-electron chi connectivity index (χ2n) is 4.53. The Labute approximate surface area is 143 Å². The Bertz CT molecular complexity index is 820. The zero-order valence-electron chi connectivity index (χ0n) is 12.6. The lowest BCUT2D eigenvalue weighted by Crippen LogP contribution is -2.01. The number of carboxylic acids is 2. The van der Waals surface area contributed by atoms with E-state index in [1.54, 1.807) is 0 Å². The first-order chi connectivity index (χ1) is 12.0. The number of hydrogen-bond donors (Lipinski definition) is 4. The molecule has 0 bridgehead atoms. The monoisotopic (exact) mass is 366 g/mol. The smallest absolute Gasteiger partial charge is 0.342 e.